The third-order valence-corrected chi connectivity index (χ3v) is 4.79. The lowest BCUT2D eigenvalue weighted by atomic mass is 10.2. The molecule has 2 heterocycles. The molecule has 2 rings (SSSR count). The molecule has 0 amide bonds. The van der Waals surface area contributed by atoms with Crippen LogP contribution in [-0.4, -0.2) is 31.1 Å². The van der Waals surface area contributed by atoms with Gasteiger partial charge >= 0.3 is 5.97 Å². The molecular formula is C10H10N2O4S2. The fourth-order valence-corrected chi connectivity index (χ4v) is 3.25. The fourth-order valence-electron chi connectivity index (χ4n) is 1.55. The maximum absolute atomic E-state index is 12.0. The second kappa shape index (κ2) is 4.62. The monoisotopic (exact) mass is 286 g/mol. The lowest BCUT2D eigenvalue weighted by Crippen LogP contribution is -2.17. The van der Waals surface area contributed by atoms with E-state index >= 15 is 0 Å². The Morgan fingerprint density at radius 3 is 2.78 bits per heavy atom. The van der Waals surface area contributed by atoms with E-state index in [2.05, 4.69) is 4.98 Å². The predicted octanol–water partition coefficient (Wildman–Crippen LogP) is 0.914. The van der Waals surface area contributed by atoms with Gasteiger partial charge in [0.25, 0.3) is 0 Å². The summed E-state index contributed by atoms with van der Waals surface area (Å²) < 4.78 is 13.5. The molecule has 1 unspecified atom stereocenters. The van der Waals surface area contributed by atoms with Gasteiger partial charge in [0.2, 0.25) is 5.43 Å². The highest BCUT2D eigenvalue weighted by molar-refractivity contribution is 7.86. The van der Waals surface area contributed by atoms with E-state index in [9.17, 15) is 13.8 Å². The Morgan fingerprint density at radius 1 is 1.61 bits per heavy atom. The molecule has 8 heteroatoms. The van der Waals surface area contributed by atoms with Crippen molar-refractivity contribution >= 4 is 38.5 Å². The Balaban J connectivity index is 2.90. The van der Waals surface area contributed by atoms with E-state index in [1.54, 1.807) is 4.57 Å². The molecule has 0 saturated carbocycles. The van der Waals surface area contributed by atoms with E-state index in [-0.39, 0.29) is 10.3 Å². The van der Waals surface area contributed by atoms with Crippen LogP contribution >= 0.6 is 11.3 Å². The average molecular weight is 286 g/mol. The molecule has 0 saturated heterocycles. The van der Waals surface area contributed by atoms with E-state index in [0.717, 1.165) is 11.3 Å². The van der Waals surface area contributed by atoms with Crippen LogP contribution in [0.4, 0.5) is 0 Å². The number of carboxylic acid groups (broad SMARTS) is 1. The molecule has 0 spiro atoms. The van der Waals surface area contributed by atoms with Gasteiger partial charge in [0.15, 0.2) is 9.99 Å². The Labute approximate surface area is 108 Å². The van der Waals surface area contributed by atoms with Crippen LogP contribution < -0.4 is 5.43 Å². The summed E-state index contributed by atoms with van der Waals surface area (Å²) in [4.78, 5) is 27.1. The molecule has 0 aromatic carbocycles. The highest BCUT2D eigenvalue weighted by Gasteiger charge is 2.18. The highest BCUT2D eigenvalue weighted by Crippen LogP contribution is 2.21. The van der Waals surface area contributed by atoms with Crippen molar-refractivity contribution in [2.45, 2.75) is 17.8 Å². The van der Waals surface area contributed by atoms with E-state index in [4.69, 9.17) is 5.11 Å². The van der Waals surface area contributed by atoms with Crippen LogP contribution in [-0.2, 0) is 17.3 Å². The van der Waals surface area contributed by atoms with Gasteiger partial charge in [-0.2, -0.15) is 0 Å². The molecule has 2 aromatic rings. The highest BCUT2D eigenvalue weighted by atomic mass is 32.2. The van der Waals surface area contributed by atoms with Crippen LogP contribution in [0.15, 0.2) is 15.3 Å². The minimum atomic E-state index is -1.29. The van der Waals surface area contributed by atoms with Crippen LogP contribution in [0.1, 0.15) is 17.3 Å². The Kier molecular flexibility index (Phi) is 3.31. The summed E-state index contributed by atoms with van der Waals surface area (Å²) in [6.45, 7) is 2.30. The summed E-state index contributed by atoms with van der Waals surface area (Å²) in [5, 5.41) is 8.97. The van der Waals surface area contributed by atoms with Crippen LogP contribution in [0, 0.1) is 0 Å². The SMILES string of the molecule is CCn1cc(C(=O)O)c(=O)c2sc(S(C)=O)nc21. The van der Waals surface area contributed by atoms with Crippen LogP contribution in [0.5, 0.6) is 0 Å². The first-order valence-corrected chi connectivity index (χ1v) is 7.43. The van der Waals surface area contributed by atoms with Crippen molar-refractivity contribution in [2.75, 3.05) is 6.26 Å². The number of aryl methyl sites for hydroxylation is 1. The van der Waals surface area contributed by atoms with Crippen molar-refractivity contribution in [3.63, 3.8) is 0 Å². The summed E-state index contributed by atoms with van der Waals surface area (Å²) >= 11 is 0.985. The van der Waals surface area contributed by atoms with Gasteiger partial charge in [0, 0.05) is 19.0 Å². The Hall–Kier alpha value is -1.54. The number of aromatic nitrogens is 2. The van der Waals surface area contributed by atoms with Gasteiger partial charge in [-0.25, -0.2) is 9.78 Å². The molecule has 1 N–H and O–H groups in total. The zero-order valence-corrected chi connectivity index (χ0v) is 11.3. The molecular weight excluding hydrogens is 276 g/mol. The maximum atomic E-state index is 12.0. The lowest BCUT2D eigenvalue weighted by molar-refractivity contribution is 0.0695. The zero-order chi connectivity index (χ0) is 13.4. The molecule has 18 heavy (non-hydrogen) atoms. The van der Waals surface area contributed by atoms with Crippen molar-refractivity contribution in [2.24, 2.45) is 0 Å². The first kappa shape index (κ1) is 12.9. The number of aromatic carboxylic acids is 1. The maximum Gasteiger partial charge on any atom is 0.341 e. The van der Waals surface area contributed by atoms with Gasteiger partial charge in [0.1, 0.15) is 10.3 Å². The number of hydrogen-bond acceptors (Lipinski definition) is 5. The molecule has 0 radical (unpaired) electrons. The topological polar surface area (TPSA) is 89.3 Å². The first-order chi connectivity index (χ1) is 8.45. The summed E-state index contributed by atoms with van der Waals surface area (Å²) in [5.74, 6) is -1.27. The molecule has 2 aromatic heterocycles. The number of fused-ring (bicyclic) bond motifs is 1. The molecule has 96 valence electrons. The largest absolute Gasteiger partial charge is 0.477 e. The Morgan fingerprint density at radius 2 is 2.28 bits per heavy atom. The minimum Gasteiger partial charge on any atom is -0.477 e. The number of carbonyl (C=O) groups is 1. The molecule has 0 aliphatic carbocycles. The number of pyridine rings is 1. The van der Waals surface area contributed by atoms with E-state index < -0.39 is 22.2 Å². The second-order valence-electron chi connectivity index (χ2n) is 3.55. The third kappa shape index (κ3) is 1.97. The number of hydrogen-bond donors (Lipinski definition) is 1. The zero-order valence-electron chi connectivity index (χ0n) is 9.67. The number of thiazole rings is 1. The number of nitrogens with zero attached hydrogens (tertiary/aromatic N) is 2. The third-order valence-electron chi connectivity index (χ3n) is 2.41. The smallest absolute Gasteiger partial charge is 0.341 e. The lowest BCUT2D eigenvalue weighted by Gasteiger charge is -2.04. The van der Waals surface area contributed by atoms with Gasteiger partial charge in [-0.15, -0.1) is 0 Å². The van der Waals surface area contributed by atoms with E-state index in [1.807, 2.05) is 6.92 Å². The van der Waals surface area contributed by atoms with Crippen molar-refractivity contribution < 1.29 is 14.1 Å². The van der Waals surface area contributed by atoms with Gasteiger partial charge in [0.05, 0.1) is 10.8 Å². The normalized spacial score (nSPS) is 12.8. The van der Waals surface area contributed by atoms with Crippen LogP contribution in [0.25, 0.3) is 10.3 Å². The summed E-state index contributed by atoms with van der Waals surface area (Å²) in [5.41, 5.74) is -0.472. The number of rotatable bonds is 3. The van der Waals surface area contributed by atoms with Crippen LogP contribution in [0.3, 0.4) is 0 Å². The van der Waals surface area contributed by atoms with Gasteiger partial charge < -0.3 is 9.67 Å². The second-order valence-corrected chi connectivity index (χ2v) is 6.10. The standard InChI is InChI=1S/C10H10N2O4S2/c1-3-12-4-5(9(14)15)6(13)7-8(12)11-10(17-7)18(2)16/h4H,3H2,1-2H3,(H,14,15). The molecule has 6 nitrogen and oxygen atoms in total. The van der Waals surface area contributed by atoms with Crippen molar-refractivity contribution in [1.29, 1.82) is 0 Å². The van der Waals surface area contributed by atoms with Gasteiger partial charge in [-0.1, -0.05) is 11.3 Å². The van der Waals surface area contributed by atoms with E-state index in [1.165, 1.54) is 12.5 Å². The van der Waals surface area contributed by atoms with Gasteiger partial charge in [-0.3, -0.25) is 9.00 Å². The number of carboxylic acids is 1. The van der Waals surface area contributed by atoms with Crippen molar-refractivity contribution in [1.82, 2.24) is 9.55 Å². The first-order valence-electron chi connectivity index (χ1n) is 5.06. The Bertz CT molecular complexity index is 716. The molecule has 1 atom stereocenters. The van der Waals surface area contributed by atoms with Crippen molar-refractivity contribution in [3.05, 3.63) is 22.0 Å². The van der Waals surface area contributed by atoms with Crippen LogP contribution in [0.2, 0.25) is 0 Å². The average Bonchev–Trinajstić information content (AvgIpc) is 2.74. The molecule has 0 aliphatic heterocycles. The quantitative estimate of drug-likeness (QED) is 0.906. The summed E-state index contributed by atoms with van der Waals surface area (Å²) in [6, 6.07) is 0. The summed E-state index contributed by atoms with van der Waals surface area (Å²) in [7, 11) is -1.29. The minimum absolute atomic E-state index is 0.238. The molecule has 0 bridgehead atoms. The van der Waals surface area contributed by atoms with Crippen molar-refractivity contribution in [3.8, 4) is 0 Å². The predicted molar refractivity (Wildman–Crippen MR) is 68.8 cm³/mol. The van der Waals surface area contributed by atoms with Gasteiger partial charge in [-0.05, 0) is 6.92 Å². The molecule has 0 fully saturated rings. The van der Waals surface area contributed by atoms with E-state index in [0.29, 0.717) is 16.5 Å². The molecule has 0 aliphatic rings. The fraction of sp³-hybridized carbons (Fsp3) is 0.300. The summed E-state index contributed by atoms with van der Waals surface area (Å²) in [6.07, 6.45) is 2.74.